The van der Waals surface area contributed by atoms with E-state index in [1.165, 1.54) is 0 Å². The Labute approximate surface area is 142 Å². The van der Waals surface area contributed by atoms with Crippen LogP contribution in [0.3, 0.4) is 0 Å². The predicted octanol–water partition coefficient (Wildman–Crippen LogP) is 3.74. The van der Waals surface area contributed by atoms with Gasteiger partial charge in [-0.3, -0.25) is 0 Å². The van der Waals surface area contributed by atoms with Crippen LogP contribution in [0.5, 0.6) is 5.75 Å². The van der Waals surface area contributed by atoms with Crippen molar-refractivity contribution >= 4 is 22.8 Å². The molecule has 0 fully saturated rings. The van der Waals surface area contributed by atoms with E-state index < -0.39 is 0 Å². The quantitative estimate of drug-likeness (QED) is 0.576. The second-order valence-electron chi connectivity index (χ2n) is 5.09. The molecule has 0 saturated heterocycles. The number of H-pyrrole nitrogens is 1. The van der Waals surface area contributed by atoms with Gasteiger partial charge in [0.2, 0.25) is 0 Å². The molecule has 1 aromatic carbocycles. The second kappa shape index (κ2) is 5.90. The molecular weight excluding hydrogens is 326 g/mol. The first kappa shape index (κ1) is 14.6. The maximum atomic E-state index is 5.89. The van der Waals surface area contributed by atoms with E-state index in [-0.39, 0.29) is 0 Å². The van der Waals surface area contributed by atoms with Gasteiger partial charge in [-0.2, -0.15) is 0 Å². The molecule has 0 amide bonds. The van der Waals surface area contributed by atoms with E-state index in [0.29, 0.717) is 22.4 Å². The van der Waals surface area contributed by atoms with Crippen LogP contribution in [0.4, 0.5) is 0 Å². The van der Waals surface area contributed by atoms with Crippen molar-refractivity contribution in [1.82, 2.24) is 24.9 Å². The van der Waals surface area contributed by atoms with Gasteiger partial charge in [0.25, 0.3) is 0 Å². The molecule has 4 aromatic rings. The van der Waals surface area contributed by atoms with Crippen LogP contribution < -0.4 is 4.74 Å². The van der Waals surface area contributed by atoms with Crippen LogP contribution in [0.1, 0.15) is 0 Å². The molecule has 118 valence electrons. The minimum atomic E-state index is 0.406. The monoisotopic (exact) mass is 337 g/mol. The van der Waals surface area contributed by atoms with Gasteiger partial charge < -0.3 is 9.72 Å². The Morgan fingerprint density at radius 3 is 2.58 bits per heavy atom. The molecule has 0 bridgehead atoms. The van der Waals surface area contributed by atoms with Crippen molar-refractivity contribution in [2.24, 2.45) is 0 Å². The number of hydrogen-bond donors (Lipinski definition) is 1. The Bertz CT molecular complexity index is 1010. The highest BCUT2D eigenvalue weighted by Gasteiger charge is 2.11. The third kappa shape index (κ3) is 2.57. The maximum absolute atomic E-state index is 5.89. The molecular formula is C17H12ClN5O. The van der Waals surface area contributed by atoms with Crippen molar-refractivity contribution in [3.8, 4) is 28.5 Å². The predicted molar refractivity (Wildman–Crippen MR) is 91.9 cm³/mol. The fraction of sp³-hybridized carbons (Fsp3) is 0.0588. The van der Waals surface area contributed by atoms with Crippen molar-refractivity contribution in [3.05, 3.63) is 53.9 Å². The normalized spacial score (nSPS) is 10.9. The van der Waals surface area contributed by atoms with Crippen molar-refractivity contribution in [1.29, 1.82) is 0 Å². The summed E-state index contributed by atoms with van der Waals surface area (Å²) in [5.41, 5.74) is 2.97. The Hall–Kier alpha value is -2.99. The highest BCUT2D eigenvalue weighted by atomic mass is 35.5. The molecule has 6 nitrogen and oxygen atoms in total. The van der Waals surface area contributed by atoms with Gasteiger partial charge in [-0.05, 0) is 24.3 Å². The molecule has 0 spiro atoms. The van der Waals surface area contributed by atoms with Crippen LogP contribution in [0, 0.1) is 0 Å². The van der Waals surface area contributed by atoms with Crippen LogP contribution in [0.25, 0.3) is 33.9 Å². The standard InChI is InChI=1S/C17H12ClN5O/c1-24-13-5-3-2-4-11(13)16-19-8-10(9-20-16)15-21-12-6-7-14(18)22-17(12)23-15/h2-9H,1H3,(H,21,22,23). The first-order chi connectivity index (χ1) is 11.7. The Kier molecular flexibility index (Phi) is 3.59. The van der Waals surface area contributed by atoms with Crippen molar-refractivity contribution in [3.63, 3.8) is 0 Å². The van der Waals surface area contributed by atoms with Crippen LogP contribution in [-0.4, -0.2) is 32.0 Å². The lowest BCUT2D eigenvalue weighted by atomic mass is 10.2. The van der Waals surface area contributed by atoms with E-state index in [4.69, 9.17) is 16.3 Å². The lowest BCUT2D eigenvalue weighted by molar-refractivity contribution is 0.416. The van der Waals surface area contributed by atoms with E-state index in [9.17, 15) is 0 Å². The van der Waals surface area contributed by atoms with E-state index in [0.717, 1.165) is 22.4 Å². The lowest BCUT2D eigenvalue weighted by Gasteiger charge is -2.06. The summed E-state index contributed by atoms with van der Waals surface area (Å²) in [6, 6.07) is 11.2. The van der Waals surface area contributed by atoms with Crippen LogP contribution in [-0.2, 0) is 0 Å². The fourth-order valence-corrected chi connectivity index (χ4v) is 2.57. The number of ether oxygens (including phenoxy) is 1. The smallest absolute Gasteiger partial charge is 0.179 e. The van der Waals surface area contributed by atoms with Crippen molar-refractivity contribution in [2.75, 3.05) is 7.11 Å². The Balaban J connectivity index is 1.72. The number of aromatic amines is 1. The number of methoxy groups -OCH3 is 1. The molecule has 0 aliphatic carbocycles. The number of fused-ring (bicyclic) bond motifs is 1. The molecule has 1 N–H and O–H groups in total. The lowest BCUT2D eigenvalue weighted by Crippen LogP contribution is -1.93. The summed E-state index contributed by atoms with van der Waals surface area (Å²) in [5.74, 6) is 1.97. The number of halogens is 1. The minimum absolute atomic E-state index is 0.406. The largest absolute Gasteiger partial charge is 0.496 e. The van der Waals surface area contributed by atoms with E-state index in [2.05, 4.69) is 24.9 Å². The van der Waals surface area contributed by atoms with Crippen LogP contribution in [0.2, 0.25) is 5.15 Å². The molecule has 3 aromatic heterocycles. The molecule has 0 radical (unpaired) electrons. The SMILES string of the molecule is COc1ccccc1-c1ncc(-c2nc3nc(Cl)ccc3[nH]2)cn1. The number of rotatable bonds is 3. The number of imidazole rings is 1. The van der Waals surface area contributed by atoms with Crippen LogP contribution >= 0.6 is 11.6 Å². The molecule has 0 aliphatic heterocycles. The van der Waals surface area contributed by atoms with Gasteiger partial charge in [0.15, 0.2) is 11.5 Å². The van der Waals surface area contributed by atoms with Crippen molar-refractivity contribution < 1.29 is 4.74 Å². The van der Waals surface area contributed by atoms with Crippen molar-refractivity contribution in [2.45, 2.75) is 0 Å². The molecule has 0 unspecified atom stereocenters. The zero-order valence-corrected chi connectivity index (χ0v) is 13.4. The van der Waals surface area contributed by atoms with E-state index >= 15 is 0 Å². The first-order valence-electron chi connectivity index (χ1n) is 7.22. The van der Waals surface area contributed by atoms with Gasteiger partial charge in [0, 0.05) is 12.4 Å². The van der Waals surface area contributed by atoms with Gasteiger partial charge in [0.1, 0.15) is 16.7 Å². The first-order valence-corrected chi connectivity index (χ1v) is 7.60. The Morgan fingerprint density at radius 2 is 1.79 bits per heavy atom. The topological polar surface area (TPSA) is 76.6 Å². The summed E-state index contributed by atoms with van der Waals surface area (Å²) in [6.45, 7) is 0. The molecule has 24 heavy (non-hydrogen) atoms. The molecule has 0 saturated carbocycles. The molecule has 0 atom stereocenters. The average Bonchev–Trinajstić information content (AvgIpc) is 3.05. The molecule has 4 rings (SSSR count). The maximum Gasteiger partial charge on any atom is 0.179 e. The second-order valence-corrected chi connectivity index (χ2v) is 5.47. The minimum Gasteiger partial charge on any atom is -0.496 e. The van der Waals surface area contributed by atoms with Gasteiger partial charge in [-0.15, -0.1) is 0 Å². The highest BCUT2D eigenvalue weighted by Crippen LogP contribution is 2.27. The highest BCUT2D eigenvalue weighted by molar-refractivity contribution is 6.29. The third-order valence-corrected chi connectivity index (χ3v) is 3.80. The van der Waals surface area contributed by atoms with Crippen LogP contribution in [0.15, 0.2) is 48.8 Å². The number of nitrogens with zero attached hydrogens (tertiary/aromatic N) is 4. The zero-order valence-electron chi connectivity index (χ0n) is 12.7. The van der Waals surface area contributed by atoms with Gasteiger partial charge in [-0.1, -0.05) is 23.7 Å². The molecule has 7 heteroatoms. The fourth-order valence-electron chi connectivity index (χ4n) is 2.43. The number of hydrogen-bond acceptors (Lipinski definition) is 5. The van der Waals surface area contributed by atoms with Gasteiger partial charge in [0.05, 0.1) is 23.8 Å². The summed E-state index contributed by atoms with van der Waals surface area (Å²) in [7, 11) is 1.62. The third-order valence-electron chi connectivity index (χ3n) is 3.59. The Morgan fingerprint density at radius 1 is 1.00 bits per heavy atom. The zero-order chi connectivity index (χ0) is 16.5. The summed E-state index contributed by atoms with van der Waals surface area (Å²) in [4.78, 5) is 20.6. The summed E-state index contributed by atoms with van der Waals surface area (Å²) in [5, 5.41) is 0.406. The number of nitrogens with one attached hydrogen (secondary N) is 1. The van der Waals surface area contributed by atoms with E-state index in [1.807, 2.05) is 30.3 Å². The number of benzene rings is 1. The molecule has 3 heterocycles. The summed E-state index contributed by atoms with van der Waals surface area (Å²) in [6.07, 6.45) is 3.43. The average molecular weight is 338 g/mol. The number of pyridine rings is 1. The molecule has 0 aliphatic rings. The number of aromatic nitrogens is 5. The summed E-state index contributed by atoms with van der Waals surface area (Å²) < 4.78 is 5.35. The van der Waals surface area contributed by atoms with Gasteiger partial charge >= 0.3 is 0 Å². The number of para-hydroxylation sites is 1. The van der Waals surface area contributed by atoms with E-state index in [1.54, 1.807) is 25.6 Å². The van der Waals surface area contributed by atoms with Gasteiger partial charge in [-0.25, -0.2) is 19.9 Å². The summed E-state index contributed by atoms with van der Waals surface area (Å²) >= 11 is 5.89.